The molecule has 3 heterocycles. The van der Waals surface area contributed by atoms with Crippen molar-refractivity contribution >= 4 is 5.91 Å². The third-order valence-electron chi connectivity index (χ3n) is 5.12. The Labute approximate surface area is 157 Å². The van der Waals surface area contributed by atoms with Gasteiger partial charge in [-0.2, -0.15) is 0 Å². The topological polar surface area (TPSA) is 67.3 Å². The van der Waals surface area contributed by atoms with E-state index in [-0.39, 0.29) is 17.8 Å². The molecule has 0 saturated carbocycles. The summed E-state index contributed by atoms with van der Waals surface area (Å²) in [4.78, 5) is 24.0. The van der Waals surface area contributed by atoms with Gasteiger partial charge in [0.2, 0.25) is 0 Å². The molecule has 2 aromatic rings. The summed E-state index contributed by atoms with van der Waals surface area (Å²) in [7, 11) is 0. The van der Waals surface area contributed by atoms with Gasteiger partial charge in [-0.3, -0.25) is 4.79 Å². The average Bonchev–Trinajstić information content (AvgIpc) is 3.16. The maximum absolute atomic E-state index is 13.3. The summed E-state index contributed by atoms with van der Waals surface area (Å²) in [6.07, 6.45) is 3.80. The molecule has 1 aromatic heterocycles. The molecule has 2 aliphatic rings. The van der Waals surface area contributed by atoms with Gasteiger partial charge in [-0.15, -0.1) is 0 Å². The number of rotatable bonds is 4. The van der Waals surface area contributed by atoms with Crippen molar-refractivity contribution < 1.29 is 13.9 Å². The van der Waals surface area contributed by atoms with E-state index < -0.39 is 6.10 Å². The third-order valence-corrected chi connectivity index (χ3v) is 5.12. The zero-order valence-electron chi connectivity index (χ0n) is 15.3. The van der Waals surface area contributed by atoms with Gasteiger partial charge < -0.3 is 15.0 Å². The highest BCUT2D eigenvalue weighted by Crippen LogP contribution is 2.31. The Kier molecular flexibility index (Phi) is 5.03. The molecule has 1 saturated heterocycles. The number of aromatic nitrogens is 2. The van der Waals surface area contributed by atoms with Gasteiger partial charge in [-0.05, 0) is 31.9 Å². The molecule has 1 amide bonds. The first-order chi connectivity index (χ1) is 13.1. The normalized spacial score (nSPS) is 20.2. The van der Waals surface area contributed by atoms with E-state index >= 15 is 0 Å². The van der Waals surface area contributed by atoms with Crippen LogP contribution in [0.3, 0.4) is 0 Å². The number of carbonyl (C=O) groups is 1. The smallest absolute Gasteiger partial charge is 0.263 e. The van der Waals surface area contributed by atoms with Crippen LogP contribution in [0, 0.1) is 5.82 Å². The first-order valence-corrected chi connectivity index (χ1v) is 9.40. The summed E-state index contributed by atoms with van der Waals surface area (Å²) in [6, 6.07) is 5.71. The van der Waals surface area contributed by atoms with Crippen molar-refractivity contribution in [2.24, 2.45) is 0 Å². The zero-order valence-corrected chi connectivity index (χ0v) is 15.3. The van der Waals surface area contributed by atoms with Crippen LogP contribution in [0.1, 0.15) is 42.9 Å². The van der Waals surface area contributed by atoms with E-state index in [1.807, 2.05) is 6.20 Å². The van der Waals surface area contributed by atoms with Crippen LogP contribution in [-0.4, -0.2) is 40.0 Å². The molecule has 4 rings (SSSR count). The van der Waals surface area contributed by atoms with E-state index in [4.69, 9.17) is 9.72 Å². The molecule has 27 heavy (non-hydrogen) atoms. The van der Waals surface area contributed by atoms with Crippen molar-refractivity contribution in [3.8, 4) is 5.75 Å². The van der Waals surface area contributed by atoms with Gasteiger partial charge in [-0.25, -0.2) is 14.4 Å². The number of ether oxygens (including phenoxy) is 1. The van der Waals surface area contributed by atoms with Gasteiger partial charge in [-0.1, -0.05) is 6.07 Å². The monoisotopic (exact) mass is 370 g/mol. The minimum absolute atomic E-state index is 0.121. The van der Waals surface area contributed by atoms with E-state index in [0.717, 1.165) is 43.6 Å². The lowest BCUT2D eigenvalue weighted by Crippen LogP contribution is -2.40. The van der Waals surface area contributed by atoms with Crippen LogP contribution in [0.15, 0.2) is 30.5 Å². The van der Waals surface area contributed by atoms with E-state index in [2.05, 4.69) is 10.3 Å². The largest absolute Gasteiger partial charge is 0.481 e. The van der Waals surface area contributed by atoms with Gasteiger partial charge >= 0.3 is 0 Å². The summed E-state index contributed by atoms with van der Waals surface area (Å²) in [6.45, 7) is 4.06. The molecule has 7 heteroatoms. The van der Waals surface area contributed by atoms with E-state index in [1.54, 1.807) is 24.0 Å². The van der Waals surface area contributed by atoms with Crippen molar-refractivity contribution in [1.29, 1.82) is 0 Å². The number of hydrogen-bond donors (Lipinski definition) is 1. The number of benzene rings is 1. The highest BCUT2D eigenvalue weighted by molar-refractivity contribution is 5.81. The second kappa shape index (κ2) is 7.60. The summed E-state index contributed by atoms with van der Waals surface area (Å²) in [5.41, 5.74) is 2.20. The number of hydrogen-bond acceptors (Lipinski definition) is 5. The Balaban J connectivity index is 1.49. The van der Waals surface area contributed by atoms with E-state index in [9.17, 15) is 9.18 Å². The molecule has 0 radical (unpaired) electrons. The maximum Gasteiger partial charge on any atom is 0.263 e. The summed E-state index contributed by atoms with van der Waals surface area (Å²) in [5.74, 6) is 0.552. The molecule has 0 unspecified atom stereocenters. The molecule has 1 fully saturated rings. The first-order valence-electron chi connectivity index (χ1n) is 9.40. The van der Waals surface area contributed by atoms with Crippen molar-refractivity contribution in [2.45, 2.75) is 44.9 Å². The van der Waals surface area contributed by atoms with E-state index in [1.165, 1.54) is 12.1 Å². The summed E-state index contributed by atoms with van der Waals surface area (Å²) >= 11 is 0. The standard InChI is InChI=1S/C20H23FN4O2/c1-13(27-16-5-2-4-15(21)10-16)20(26)25-9-3-6-18(25)19-23-12-14-11-22-8-7-17(14)24-19/h2,4-5,10,12-13,18,22H,3,6-9,11H2,1H3/t13-,18-/m1/s1. The van der Waals surface area contributed by atoms with Gasteiger partial charge in [0.25, 0.3) is 5.91 Å². The lowest BCUT2D eigenvalue weighted by Gasteiger charge is -2.27. The first kappa shape index (κ1) is 17.9. The van der Waals surface area contributed by atoms with Gasteiger partial charge in [0.1, 0.15) is 11.6 Å². The maximum atomic E-state index is 13.3. The van der Waals surface area contributed by atoms with Crippen molar-refractivity contribution in [1.82, 2.24) is 20.2 Å². The molecule has 142 valence electrons. The van der Waals surface area contributed by atoms with Crippen LogP contribution < -0.4 is 10.1 Å². The van der Waals surface area contributed by atoms with Gasteiger partial charge in [0.15, 0.2) is 11.9 Å². The summed E-state index contributed by atoms with van der Waals surface area (Å²) in [5, 5.41) is 3.31. The Morgan fingerprint density at radius 1 is 1.44 bits per heavy atom. The highest BCUT2D eigenvalue weighted by atomic mass is 19.1. The second-order valence-corrected chi connectivity index (χ2v) is 7.03. The lowest BCUT2D eigenvalue weighted by atomic mass is 10.1. The van der Waals surface area contributed by atoms with E-state index in [0.29, 0.717) is 18.1 Å². The van der Waals surface area contributed by atoms with Crippen LogP contribution in [0.25, 0.3) is 0 Å². The second-order valence-electron chi connectivity index (χ2n) is 7.03. The molecular weight excluding hydrogens is 347 g/mol. The van der Waals surface area contributed by atoms with Gasteiger partial charge in [0, 0.05) is 49.6 Å². The lowest BCUT2D eigenvalue weighted by molar-refractivity contribution is -0.139. The highest BCUT2D eigenvalue weighted by Gasteiger charge is 2.35. The zero-order chi connectivity index (χ0) is 18.8. The number of carbonyl (C=O) groups excluding carboxylic acids is 1. The molecule has 0 spiro atoms. The Bertz CT molecular complexity index is 844. The minimum Gasteiger partial charge on any atom is -0.481 e. The van der Waals surface area contributed by atoms with Crippen LogP contribution in [-0.2, 0) is 17.8 Å². The molecule has 1 N–H and O–H groups in total. The van der Waals surface area contributed by atoms with Gasteiger partial charge in [0.05, 0.1) is 6.04 Å². The SMILES string of the molecule is C[C@@H](Oc1cccc(F)c1)C(=O)N1CCC[C@@H]1c1ncc2c(n1)CCNC2. The average molecular weight is 370 g/mol. The number of fused-ring (bicyclic) bond motifs is 1. The molecule has 1 aromatic carbocycles. The molecule has 2 aliphatic heterocycles. The fourth-order valence-corrected chi connectivity index (χ4v) is 3.74. The molecule has 6 nitrogen and oxygen atoms in total. The number of nitrogens with one attached hydrogen (secondary N) is 1. The van der Waals surface area contributed by atoms with Crippen molar-refractivity contribution in [3.63, 3.8) is 0 Å². The van der Waals surface area contributed by atoms with Crippen molar-refractivity contribution in [2.75, 3.05) is 13.1 Å². The van der Waals surface area contributed by atoms with Crippen LogP contribution in [0.2, 0.25) is 0 Å². The molecule has 2 atom stereocenters. The summed E-state index contributed by atoms with van der Waals surface area (Å²) < 4.78 is 19.0. The minimum atomic E-state index is -0.700. The van der Waals surface area contributed by atoms with Crippen LogP contribution in [0.5, 0.6) is 5.75 Å². The predicted octanol–water partition coefficient (Wildman–Crippen LogP) is 2.39. The fraction of sp³-hybridized carbons (Fsp3) is 0.450. The quantitative estimate of drug-likeness (QED) is 0.895. The van der Waals surface area contributed by atoms with Crippen molar-refractivity contribution in [3.05, 3.63) is 53.4 Å². The van der Waals surface area contributed by atoms with Crippen LogP contribution in [0.4, 0.5) is 4.39 Å². The molecular formula is C20H23FN4O2. The Hall–Kier alpha value is -2.54. The number of likely N-dealkylation sites (tertiary alicyclic amines) is 1. The predicted molar refractivity (Wildman–Crippen MR) is 97.6 cm³/mol. The number of amides is 1. The molecule has 0 bridgehead atoms. The Morgan fingerprint density at radius 3 is 3.19 bits per heavy atom. The van der Waals surface area contributed by atoms with Crippen LogP contribution >= 0.6 is 0 Å². The third kappa shape index (κ3) is 3.78. The fourth-order valence-electron chi connectivity index (χ4n) is 3.74. The number of halogens is 1. The number of nitrogens with zero attached hydrogens (tertiary/aromatic N) is 3. The molecule has 0 aliphatic carbocycles. The Morgan fingerprint density at radius 2 is 2.33 bits per heavy atom.